The number of hydrogen-bond donors (Lipinski definition) is 0. The second kappa shape index (κ2) is 6.62. The predicted octanol–water partition coefficient (Wildman–Crippen LogP) is 2.66. The first kappa shape index (κ1) is 9.50. The van der Waals surface area contributed by atoms with Crippen LogP contribution in [0.5, 0.6) is 0 Å². The molecule has 2 heteroatoms. The zero-order valence-electron chi connectivity index (χ0n) is 7.02. The van der Waals surface area contributed by atoms with Crippen LogP contribution in [0.4, 0.5) is 0 Å². The van der Waals surface area contributed by atoms with E-state index in [4.69, 9.17) is 9.78 Å². The summed E-state index contributed by atoms with van der Waals surface area (Å²) in [5.41, 5.74) is 0. The van der Waals surface area contributed by atoms with Gasteiger partial charge >= 0.3 is 0 Å². The summed E-state index contributed by atoms with van der Waals surface area (Å²) in [6, 6.07) is 0. The predicted molar refractivity (Wildman–Crippen MR) is 41.4 cm³/mol. The standard InChI is InChI=1S/C8H16O2/c1-4-6-7-9-10-8(3)5-2/h5H,4,6-7H2,1-3H3/b8-5-. The largest absolute Gasteiger partial charge is 0.343 e. The molecular formula is C8H16O2. The van der Waals surface area contributed by atoms with Gasteiger partial charge in [0, 0.05) is 0 Å². The molecule has 0 saturated carbocycles. The molecule has 0 bridgehead atoms. The van der Waals surface area contributed by atoms with Gasteiger partial charge in [0.1, 0.15) is 5.76 Å². The summed E-state index contributed by atoms with van der Waals surface area (Å²) >= 11 is 0. The minimum atomic E-state index is 0.682. The molecule has 0 heterocycles. The van der Waals surface area contributed by atoms with E-state index in [2.05, 4.69) is 6.92 Å². The van der Waals surface area contributed by atoms with Crippen LogP contribution in [0.15, 0.2) is 11.8 Å². The Bertz CT molecular complexity index is 97.4. The van der Waals surface area contributed by atoms with Gasteiger partial charge in [-0.25, -0.2) is 0 Å². The third-order valence-corrected chi connectivity index (χ3v) is 1.18. The first-order valence-corrected chi connectivity index (χ1v) is 3.73. The molecule has 0 unspecified atom stereocenters. The number of rotatable bonds is 5. The molecule has 60 valence electrons. The van der Waals surface area contributed by atoms with Crippen LogP contribution >= 0.6 is 0 Å². The van der Waals surface area contributed by atoms with E-state index in [9.17, 15) is 0 Å². The molecule has 0 amide bonds. The zero-order valence-corrected chi connectivity index (χ0v) is 7.02. The van der Waals surface area contributed by atoms with Gasteiger partial charge in [-0.3, -0.25) is 0 Å². The molecule has 0 saturated heterocycles. The molecule has 10 heavy (non-hydrogen) atoms. The highest BCUT2D eigenvalue weighted by molar-refractivity contribution is 4.82. The third-order valence-electron chi connectivity index (χ3n) is 1.18. The average Bonchev–Trinajstić information content (AvgIpc) is 1.98. The smallest absolute Gasteiger partial charge is 0.135 e. The second-order valence-electron chi connectivity index (χ2n) is 2.16. The van der Waals surface area contributed by atoms with Crippen LogP contribution in [-0.4, -0.2) is 6.61 Å². The minimum absolute atomic E-state index is 0.682. The molecule has 0 fully saturated rings. The Morgan fingerprint density at radius 2 is 2.20 bits per heavy atom. The molecule has 0 radical (unpaired) electrons. The van der Waals surface area contributed by atoms with Crippen LogP contribution in [0.1, 0.15) is 33.6 Å². The maximum atomic E-state index is 4.86. The lowest BCUT2D eigenvalue weighted by atomic mass is 10.4. The summed E-state index contributed by atoms with van der Waals surface area (Å²) in [5, 5.41) is 0. The Morgan fingerprint density at radius 3 is 2.70 bits per heavy atom. The topological polar surface area (TPSA) is 18.5 Å². The van der Waals surface area contributed by atoms with E-state index >= 15 is 0 Å². The first-order valence-electron chi connectivity index (χ1n) is 3.73. The zero-order chi connectivity index (χ0) is 7.82. The van der Waals surface area contributed by atoms with E-state index in [-0.39, 0.29) is 0 Å². The van der Waals surface area contributed by atoms with Gasteiger partial charge in [-0.15, -0.1) is 0 Å². The summed E-state index contributed by atoms with van der Waals surface area (Å²) < 4.78 is 0. The Labute approximate surface area is 62.8 Å². The Morgan fingerprint density at radius 1 is 1.50 bits per heavy atom. The summed E-state index contributed by atoms with van der Waals surface area (Å²) in [7, 11) is 0. The summed E-state index contributed by atoms with van der Waals surface area (Å²) in [6.07, 6.45) is 4.06. The molecule has 0 aromatic carbocycles. The van der Waals surface area contributed by atoms with Gasteiger partial charge in [-0.05, 0) is 26.3 Å². The molecule has 0 rings (SSSR count). The molecule has 0 N–H and O–H groups in total. The molecule has 0 spiro atoms. The lowest BCUT2D eigenvalue weighted by molar-refractivity contribution is -0.261. The summed E-state index contributed by atoms with van der Waals surface area (Å²) in [6.45, 7) is 6.58. The molecule has 0 aromatic heterocycles. The maximum Gasteiger partial charge on any atom is 0.135 e. The van der Waals surface area contributed by atoms with Crippen molar-refractivity contribution in [3.8, 4) is 0 Å². The molecule has 0 aliphatic heterocycles. The van der Waals surface area contributed by atoms with E-state index in [1.807, 2.05) is 19.9 Å². The Kier molecular flexibility index (Phi) is 6.29. The monoisotopic (exact) mass is 144 g/mol. The van der Waals surface area contributed by atoms with E-state index in [0.717, 1.165) is 18.6 Å². The van der Waals surface area contributed by atoms with Gasteiger partial charge in [0.25, 0.3) is 0 Å². The quantitative estimate of drug-likeness (QED) is 0.255. The van der Waals surface area contributed by atoms with Gasteiger partial charge in [-0.1, -0.05) is 13.3 Å². The fourth-order valence-corrected chi connectivity index (χ4v) is 0.386. The normalized spacial score (nSPS) is 11.7. The van der Waals surface area contributed by atoms with E-state index in [1.165, 1.54) is 0 Å². The van der Waals surface area contributed by atoms with Gasteiger partial charge in [0.05, 0.1) is 6.61 Å². The molecule has 0 atom stereocenters. The fourth-order valence-electron chi connectivity index (χ4n) is 0.386. The lowest BCUT2D eigenvalue weighted by Gasteiger charge is -2.02. The van der Waals surface area contributed by atoms with Crippen molar-refractivity contribution in [2.45, 2.75) is 33.6 Å². The molecule has 0 aliphatic rings. The van der Waals surface area contributed by atoms with Crippen molar-refractivity contribution in [2.75, 3.05) is 6.61 Å². The van der Waals surface area contributed by atoms with Crippen molar-refractivity contribution in [1.82, 2.24) is 0 Å². The van der Waals surface area contributed by atoms with E-state index in [1.54, 1.807) is 0 Å². The average molecular weight is 144 g/mol. The summed E-state index contributed by atoms with van der Waals surface area (Å²) in [5.74, 6) is 0.816. The molecule has 0 aromatic rings. The molecule has 2 nitrogen and oxygen atoms in total. The minimum Gasteiger partial charge on any atom is -0.343 e. The maximum absolute atomic E-state index is 4.86. The van der Waals surface area contributed by atoms with Crippen LogP contribution in [-0.2, 0) is 9.78 Å². The Hall–Kier alpha value is -0.500. The van der Waals surface area contributed by atoms with Crippen LogP contribution < -0.4 is 0 Å². The van der Waals surface area contributed by atoms with Crippen LogP contribution in [0, 0.1) is 0 Å². The number of unbranched alkanes of at least 4 members (excludes halogenated alkanes) is 1. The van der Waals surface area contributed by atoms with Crippen LogP contribution in [0.25, 0.3) is 0 Å². The van der Waals surface area contributed by atoms with Gasteiger partial charge < -0.3 is 4.89 Å². The van der Waals surface area contributed by atoms with E-state index in [0.29, 0.717) is 6.61 Å². The van der Waals surface area contributed by atoms with Crippen LogP contribution in [0.2, 0.25) is 0 Å². The summed E-state index contributed by atoms with van der Waals surface area (Å²) in [4.78, 5) is 9.71. The highest BCUT2D eigenvalue weighted by Crippen LogP contribution is 1.96. The molecule has 0 aliphatic carbocycles. The van der Waals surface area contributed by atoms with Gasteiger partial charge in [0.2, 0.25) is 0 Å². The van der Waals surface area contributed by atoms with Crippen molar-refractivity contribution in [2.24, 2.45) is 0 Å². The van der Waals surface area contributed by atoms with Gasteiger partial charge in [0.15, 0.2) is 0 Å². The van der Waals surface area contributed by atoms with Crippen molar-refractivity contribution in [3.63, 3.8) is 0 Å². The second-order valence-corrected chi connectivity index (χ2v) is 2.16. The third kappa shape index (κ3) is 5.63. The fraction of sp³-hybridized carbons (Fsp3) is 0.750. The highest BCUT2D eigenvalue weighted by Gasteiger charge is 1.87. The highest BCUT2D eigenvalue weighted by atomic mass is 17.2. The SMILES string of the molecule is C/C=C(/C)OOCCCC. The van der Waals surface area contributed by atoms with Crippen molar-refractivity contribution >= 4 is 0 Å². The molecular weight excluding hydrogens is 128 g/mol. The van der Waals surface area contributed by atoms with E-state index < -0.39 is 0 Å². The first-order chi connectivity index (χ1) is 4.81. The lowest BCUT2D eigenvalue weighted by Crippen LogP contribution is -1.93. The Balaban J connectivity index is 3.04. The van der Waals surface area contributed by atoms with Crippen molar-refractivity contribution < 1.29 is 9.78 Å². The van der Waals surface area contributed by atoms with Crippen LogP contribution in [0.3, 0.4) is 0 Å². The van der Waals surface area contributed by atoms with Gasteiger partial charge in [-0.2, -0.15) is 4.89 Å². The number of allylic oxidation sites excluding steroid dienone is 2. The number of hydrogen-bond acceptors (Lipinski definition) is 2. The van der Waals surface area contributed by atoms with Crippen molar-refractivity contribution in [1.29, 1.82) is 0 Å². The van der Waals surface area contributed by atoms with Crippen molar-refractivity contribution in [3.05, 3.63) is 11.8 Å².